The summed E-state index contributed by atoms with van der Waals surface area (Å²) in [7, 11) is 2.02. The largest absolute Gasteiger partial charge is 0.313 e. The lowest BCUT2D eigenvalue weighted by atomic mass is 9.80. The normalized spacial score (nSPS) is 15.0. The molecule has 3 atom stereocenters. The molecule has 2 aromatic rings. The first-order valence-corrected chi connectivity index (χ1v) is 8.36. The molecule has 0 heterocycles. The zero-order valence-electron chi connectivity index (χ0n) is 14.6. The fraction of sp³-hybridized carbons (Fsp3) is 0.381. The summed E-state index contributed by atoms with van der Waals surface area (Å²) in [6, 6.07) is 17.6. The molecule has 0 amide bonds. The quantitative estimate of drug-likeness (QED) is 0.692. The lowest BCUT2D eigenvalue weighted by Crippen LogP contribution is -2.23. The molecule has 2 nitrogen and oxygen atoms in total. The lowest BCUT2D eigenvalue weighted by Gasteiger charge is -2.28. The molecule has 23 heavy (non-hydrogen) atoms. The van der Waals surface area contributed by atoms with Gasteiger partial charge in [-0.05, 0) is 62.1 Å². The molecule has 2 heteroatoms. The van der Waals surface area contributed by atoms with Gasteiger partial charge in [-0.1, -0.05) is 61.0 Å². The molecule has 3 unspecified atom stereocenters. The Kier molecular flexibility index (Phi) is 6.12. The number of hydrogen-bond acceptors (Lipinski definition) is 2. The highest BCUT2D eigenvalue weighted by Crippen LogP contribution is 2.34. The molecule has 0 bridgehead atoms. The summed E-state index contributed by atoms with van der Waals surface area (Å²) < 4.78 is 0. The summed E-state index contributed by atoms with van der Waals surface area (Å²) in [4.78, 5) is 0. The monoisotopic (exact) mass is 308 g/mol. The molecular weight excluding hydrogens is 280 g/mol. The van der Waals surface area contributed by atoms with Crippen LogP contribution < -0.4 is 5.32 Å². The van der Waals surface area contributed by atoms with Crippen LogP contribution in [0.15, 0.2) is 48.5 Å². The number of nitrogens with one attached hydrogen (secondary N) is 2. The zero-order valence-corrected chi connectivity index (χ0v) is 14.6. The summed E-state index contributed by atoms with van der Waals surface area (Å²) in [6.07, 6.45) is 2.57. The van der Waals surface area contributed by atoms with Crippen LogP contribution in [-0.2, 0) is 0 Å². The minimum atomic E-state index is 0.220. The van der Waals surface area contributed by atoms with E-state index in [1.54, 1.807) is 6.21 Å². The van der Waals surface area contributed by atoms with Crippen LogP contribution in [0.1, 0.15) is 47.6 Å². The minimum Gasteiger partial charge on any atom is -0.313 e. The second-order valence-electron chi connectivity index (χ2n) is 6.48. The standard InChI is InChI=1S/C21H28N2/c1-15-9-11-18(12-10-15)21(23-4)13-20(17(3)14-22)19-8-6-5-7-16(19)2/h5-12,14,17,20-23H,13H2,1-4H3. The van der Waals surface area contributed by atoms with Crippen molar-refractivity contribution in [1.82, 2.24) is 5.32 Å². The Morgan fingerprint density at radius 2 is 1.70 bits per heavy atom. The van der Waals surface area contributed by atoms with Gasteiger partial charge in [0.1, 0.15) is 0 Å². The van der Waals surface area contributed by atoms with Crippen LogP contribution in [0.3, 0.4) is 0 Å². The highest BCUT2D eigenvalue weighted by molar-refractivity contribution is 5.58. The summed E-state index contributed by atoms with van der Waals surface area (Å²) in [5.74, 6) is 0.560. The lowest BCUT2D eigenvalue weighted by molar-refractivity contribution is 0.442. The Morgan fingerprint density at radius 3 is 2.26 bits per heavy atom. The fourth-order valence-corrected chi connectivity index (χ4v) is 3.22. The fourth-order valence-electron chi connectivity index (χ4n) is 3.22. The van der Waals surface area contributed by atoms with Gasteiger partial charge >= 0.3 is 0 Å². The Labute approximate surface area is 140 Å². The number of benzene rings is 2. The first kappa shape index (κ1) is 17.4. The van der Waals surface area contributed by atoms with Crippen molar-refractivity contribution in [2.45, 2.75) is 39.2 Å². The molecule has 2 N–H and O–H groups in total. The first-order chi connectivity index (χ1) is 11.1. The molecule has 0 aromatic heterocycles. The second kappa shape index (κ2) is 8.07. The molecule has 0 saturated carbocycles. The predicted octanol–water partition coefficient (Wildman–Crippen LogP) is 5.02. The van der Waals surface area contributed by atoms with Gasteiger partial charge in [-0.25, -0.2) is 0 Å². The highest BCUT2D eigenvalue weighted by Gasteiger charge is 2.23. The SMILES string of the molecule is CNC(CC(c1ccccc1C)C(C)C=N)c1ccc(C)cc1. The maximum Gasteiger partial charge on any atom is 0.0323 e. The molecule has 122 valence electrons. The molecule has 0 aliphatic rings. The highest BCUT2D eigenvalue weighted by atomic mass is 14.9. The van der Waals surface area contributed by atoms with Crippen LogP contribution in [0, 0.1) is 25.2 Å². The Morgan fingerprint density at radius 1 is 1.04 bits per heavy atom. The summed E-state index contributed by atoms with van der Waals surface area (Å²) in [5, 5.41) is 11.2. The smallest absolute Gasteiger partial charge is 0.0323 e. The molecular formula is C21H28N2. The Bertz CT molecular complexity index is 631. The van der Waals surface area contributed by atoms with Crippen LogP contribution >= 0.6 is 0 Å². The molecule has 0 aliphatic carbocycles. The maximum atomic E-state index is 7.75. The van der Waals surface area contributed by atoms with Crippen molar-refractivity contribution in [3.05, 3.63) is 70.8 Å². The molecule has 0 saturated heterocycles. The van der Waals surface area contributed by atoms with Crippen LogP contribution in [-0.4, -0.2) is 13.3 Å². The minimum absolute atomic E-state index is 0.220. The van der Waals surface area contributed by atoms with Gasteiger partial charge in [0, 0.05) is 6.04 Å². The first-order valence-electron chi connectivity index (χ1n) is 8.36. The zero-order chi connectivity index (χ0) is 16.8. The van der Waals surface area contributed by atoms with Gasteiger partial charge in [0.15, 0.2) is 0 Å². The third-order valence-electron chi connectivity index (χ3n) is 4.80. The molecule has 0 radical (unpaired) electrons. The van der Waals surface area contributed by atoms with E-state index in [0.717, 1.165) is 6.42 Å². The van der Waals surface area contributed by atoms with E-state index >= 15 is 0 Å². The molecule has 2 rings (SSSR count). The topological polar surface area (TPSA) is 35.9 Å². The summed E-state index contributed by atoms with van der Waals surface area (Å²) in [5.41, 5.74) is 5.27. The van der Waals surface area contributed by atoms with Crippen molar-refractivity contribution >= 4 is 6.21 Å². The van der Waals surface area contributed by atoms with Gasteiger partial charge in [-0.3, -0.25) is 0 Å². The average molecular weight is 308 g/mol. The Hall–Kier alpha value is -1.93. The van der Waals surface area contributed by atoms with Crippen LogP contribution in [0.25, 0.3) is 0 Å². The maximum absolute atomic E-state index is 7.75. The van der Waals surface area contributed by atoms with E-state index in [4.69, 9.17) is 5.41 Å². The predicted molar refractivity (Wildman–Crippen MR) is 99.5 cm³/mol. The van der Waals surface area contributed by atoms with Crippen molar-refractivity contribution < 1.29 is 0 Å². The molecule has 0 fully saturated rings. The van der Waals surface area contributed by atoms with Gasteiger partial charge in [-0.15, -0.1) is 0 Å². The van der Waals surface area contributed by atoms with E-state index in [1.165, 1.54) is 22.3 Å². The van der Waals surface area contributed by atoms with Gasteiger partial charge < -0.3 is 10.7 Å². The average Bonchev–Trinajstić information content (AvgIpc) is 2.57. The van der Waals surface area contributed by atoms with Gasteiger partial charge in [0.05, 0.1) is 0 Å². The van der Waals surface area contributed by atoms with Crippen LogP contribution in [0.4, 0.5) is 0 Å². The molecule has 2 aromatic carbocycles. The van der Waals surface area contributed by atoms with E-state index in [9.17, 15) is 0 Å². The summed E-state index contributed by atoms with van der Waals surface area (Å²) in [6.45, 7) is 6.43. The third-order valence-corrected chi connectivity index (χ3v) is 4.80. The van der Waals surface area contributed by atoms with Gasteiger partial charge in [0.2, 0.25) is 0 Å². The number of hydrogen-bond donors (Lipinski definition) is 2. The number of aryl methyl sites for hydroxylation is 2. The molecule has 0 spiro atoms. The van der Waals surface area contributed by atoms with E-state index < -0.39 is 0 Å². The third kappa shape index (κ3) is 4.29. The molecule has 0 aliphatic heterocycles. The van der Waals surface area contributed by atoms with E-state index in [2.05, 4.69) is 74.6 Å². The van der Waals surface area contributed by atoms with Crippen molar-refractivity contribution in [3.8, 4) is 0 Å². The van der Waals surface area contributed by atoms with Gasteiger partial charge in [0.25, 0.3) is 0 Å². The van der Waals surface area contributed by atoms with E-state index in [0.29, 0.717) is 12.0 Å². The van der Waals surface area contributed by atoms with Gasteiger partial charge in [-0.2, -0.15) is 0 Å². The van der Waals surface area contributed by atoms with Crippen molar-refractivity contribution in [2.24, 2.45) is 5.92 Å². The number of rotatable bonds is 7. The van der Waals surface area contributed by atoms with Crippen molar-refractivity contribution in [1.29, 1.82) is 5.41 Å². The van der Waals surface area contributed by atoms with Crippen molar-refractivity contribution in [3.63, 3.8) is 0 Å². The van der Waals surface area contributed by atoms with E-state index in [1.807, 2.05) is 7.05 Å². The van der Waals surface area contributed by atoms with Crippen LogP contribution in [0.2, 0.25) is 0 Å². The van der Waals surface area contributed by atoms with Crippen LogP contribution in [0.5, 0.6) is 0 Å². The second-order valence-corrected chi connectivity index (χ2v) is 6.48. The van der Waals surface area contributed by atoms with Crippen molar-refractivity contribution in [2.75, 3.05) is 7.05 Å². The van der Waals surface area contributed by atoms with E-state index in [-0.39, 0.29) is 5.92 Å². The summed E-state index contributed by atoms with van der Waals surface area (Å²) >= 11 is 0. The Balaban J connectivity index is 2.31.